The summed E-state index contributed by atoms with van der Waals surface area (Å²) in [5, 5.41) is 5.18. The standard InChI is InChI=1S/C16H14Br2N2O2/c1-9-3-5-14(12(18)7-9)20-16(22)15(21)19-13-6-4-11(17)8-10(13)2/h3-8H,1-2H3,(H,19,21)(H,20,22). The zero-order valence-corrected chi connectivity index (χ0v) is 15.2. The monoisotopic (exact) mass is 424 g/mol. The highest BCUT2D eigenvalue weighted by Crippen LogP contribution is 2.23. The fraction of sp³-hybridized carbons (Fsp3) is 0.125. The molecule has 0 bridgehead atoms. The summed E-state index contributed by atoms with van der Waals surface area (Å²) in [6, 6.07) is 10.9. The third-order valence-electron chi connectivity index (χ3n) is 3.02. The van der Waals surface area contributed by atoms with Crippen LogP contribution in [0.15, 0.2) is 45.3 Å². The van der Waals surface area contributed by atoms with Gasteiger partial charge in [0.25, 0.3) is 0 Å². The molecule has 0 aromatic heterocycles. The van der Waals surface area contributed by atoms with Gasteiger partial charge in [0.1, 0.15) is 0 Å². The maximum Gasteiger partial charge on any atom is 0.314 e. The van der Waals surface area contributed by atoms with E-state index in [0.717, 1.165) is 20.1 Å². The number of hydrogen-bond acceptors (Lipinski definition) is 2. The molecule has 2 rings (SSSR count). The Balaban J connectivity index is 2.07. The smallest absolute Gasteiger partial charge is 0.314 e. The molecule has 0 heterocycles. The van der Waals surface area contributed by atoms with Crippen LogP contribution in [-0.2, 0) is 9.59 Å². The van der Waals surface area contributed by atoms with E-state index in [0.29, 0.717) is 11.4 Å². The van der Waals surface area contributed by atoms with Gasteiger partial charge in [0, 0.05) is 14.6 Å². The van der Waals surface area contributed by atoms with Crippen LogP contribution >= 0.6 is 31.9 Å². The van der Waals surface area contributed by atoms with Crippen molar-refractivity contribution in [3.8, 4) is 0 Å². The van der Waals surface area contributed by atoms with Crippen molar-refractivity contribution in [2.75, 3.05) is 10.6 Å². The summed E-state index contributed by atoms with van der Waals surface area (Å²) in [6.45, 7) is 3.80. The molecule has 2 aromatic carbocycles. The molecule has 0 saturated heterocycles. The molecule has 0 aliphatic carbocycles. The van der Waals surface area contributed by atoms with Gasteiger partial charge in [0.05, 0.1) is 5.69 Å². The maximum atomic E-state index is 12.0. The average molecular weight is 426 g/mol. The number of anilines is 2. The van der Waals surface area contributed by atoms with E-state index in [1.165, 1.54) is 0 Å². The minimum Gasteiger partial charge on any atom is -0.318 e. The highest BCUT2D eigenvalue weighted by Gasteiger charge is 2.16. The van der Waals surface area contributed by atoms with E-state index in [-0.39, 0.29) is 0 Å². The van der Waals surface area contributed by atoms with Crippen molar-refractivity contribution in [2.24, 2.45) is 0 Å². The Kier molecular flexibility index (Phi) is 5.37. The largest absolute Gasteiger partial charge is 0.318 e. The van der Waals surface area contributed by atoms with Crippen LogP contribution in [0.25, 0.3) is 0 Å². The van der Waals surface area contributed by atoms with Crippen LogP contribution in [0.1, 0.15) is 11.1 Å². The predicted molar refractivity (Wildman–Crippen MR) is 95.0 cm³/mol. The third kappa shape index (κ3) is 4.18. The molecule has 4 nitrogen and oxygen atoms in total. The van der Waals surface area contributed by atoms with Crippen LogP contribution < -0.4 is 10.6 Å². The number of benzene rings is 2. The number of hydrogen-bond donors (Lipinski definition) is 2. The highest BCUT2D eigenvalue weighted by molar-refractivity contribution is 9.10. The molecule has 2 aromatic rings. The van der Waals surface area contributed by atoms with Crippen LogP contribution in [0.3, 0.4) is 0 Å². The maximum absolute atomic E-state index is 12.0. The lowest BCUT2D eigenvalue weighted by molar-refractivity contribution is -0.133. The Bertz CT molecular complexity index is 681. The van der Waals surface area contributed by atoms with Crippen molar-refractivity contribution in [1.29, 1.82) is 0 Å². The molecular weight excluding hydrogens is 412 g/mol. The Morgan fingerprint density at radius 3 is 2.05 bits per heavy atom. The van der Waals surface area contributed by atoms with Crippen molar-refractivity contribution in [3.05, 3.63) is 56.5 Å². The van der Waals surface area contributed by atoms with Crippen LogP contribution in [0, 0.1) is 13.8 Å². The van der Waals surface area contributed by atoms with E-state index in [1.54, 1.807) is 18.2 Å². The zero-order valence-electron chi connectivity index (χ0n) is 12.0. The lowest BCUT2D eigenvalue weighted by Gasteiger charge is -2.10. The van der Waals surface area contributed by atoms with Gasteiger partial charge in [0.2, 0.25) is 0 Å². The molecule has 0 fully saturated rings. The fourth-order valence-electron chi connectivity index (χ4n) is 1.85. The molecule has 0 aliphatic rings. The second-order valence-electron chi connectivity index (χ2n) is 4.85. The first kappa shape index (κ1) is 16.7. The van der Waals surface area contributed by atoms with Crippen LogP contribution in [0.4, 0.5) is 11.4 Å². The summed E-state index contributed by atoms with van der Waals surface area (Å²) >= 11 is 6.71. The van der Waals surface area contributed by atoms with Crippen LogP contribution in [-0.4, -0.2) is 11.8 Å². The van der Waals surface area contributed by atoms with Crippen molar-refractivity contribution < 1.29 is 9.59 Å². The zero-order chi connectivity index (χ0) is 16.3. The summed E-state index contributed by atoms with van der Waals surface area (Å²) in [7, 11) is 0. The molecule has 0 radical (unpaired) electrons. The van der Waals surface area contributed by atoms with Gasteiger partial charge in [-0.2, -0.15) is 0 Å². The van der Waals surface area contributed by atoms with E-state index >= 15 is 0 Å². The van der Waals surface area contributed by atoms with Crippen LogP contribution in [0.2, 0.25) is 0 Å². The van der Waals surface area contributed by atoms with Gasteiger partial charge in [-0.25, -0.2) is 0 Å². The van der Waals surface area contributed by atoms with Crippen molar-refractivity contribution >= 4 is 55.0 Å². The second kappa shape index (κ2) is 7.07. The van der Waals surface area contributed by atoms with Gasteiger partial charge in [-0.1, -0.05) is 22.0 Å². The molecule has 6 heteroatoms. The lowest BCUT2D eigenvalue weighted by atomic mass is 10.2. The number of carbonyl (C=O) groups is 2. The normalized spacial score (nSPS) is 10.2. The summed E-state index contributed by atoms with van der Waals surface area (Å²) in [4.78, 5) is 24.0. The van der Waals surface area contributed by atoms with Crippen molar-refractivity contribution in [2.45, 2.75) is 13.8 Å². The topological polar surface area (TPSA) is 58.2 Å². The number of aryl methyl sites for hydroxylation is 2. The Morgan fingerprint density at radius 1 is 0.864 bits per heavy atom. The summed E-state index contributed by atoms with van der Waals surface area (Å²) < 4.78 is 1.64. The van der Waals surface area contributed by atoms with E-state index in [4.69, 9.17) is 0 Å². The number of halogens is 2. The first-order chi connectivity index (χ1) is 10.4. The fourth-order valence-corrected chi connectivity index (χ4v) is 2.91. The van der Waals surface area contributed by atoms with Gasteiger partial charge < -0.3 is 10.6 Å². The molecule has 0 unspecified atom stereocenters. The quantitative estimate of drug-likeness (QED) is 0.700. The van der Waals surface area contributed by atoms with Crippen molar-refractivity contribution in [1.82, 2.24) is 0 Å². The van der Waals surface area contributed by atoms with E-state index < -0.39 is 11.8 Å². The van der Waals surface area contributed by atoms with Gasteiger partial charge >= 0.3 is 11.8 Å². The van der Waals surface area contributed by atoms with Gasteiger partial charge in [-0.3, -0.25) is 9.59 Å². The Morgan fingerprint density at radius 2 is 1.45 bits per heavy atom. The Hall–Kier alpha value is -1.66. The first-order valence-electron chi connectivity index (χ1n) is 6.51. The number of rotatable bonds is 2. The predicted octanol–water partition coefficient (Wildman–Crippen LogP) is 4.41. The molecule has 114 valence electrons. The molecule has 0 spiro atoms. The van der Waals surface area contributed by atoms with E-state index in [9.17, 15) is 9.59 Å². The molecular formula is C16H14Br2N2O2. The number of nitrogens with one attached hydrogen (secondary N) is 2. The van der Waals surface area contributed by atoms with E-state index in [1.807, 2.05) is 32.0 Å². The summed E-state index contributed by atoms with van der Waals surface area (Å²) in [5.74, 6) is -1.43. The molecule has 0 saturated carbocycles. The number of amides is 2. The molecule has 22 heavy (non-hydrogen) atoms. The molecule has 2 N–H and O–H groups in total. The average Bonchev–Trinajstić information content (AvgIpc) is 2.44. The van der Waals surface area contributed by atoms with Crippen LogP contribution in [0.5, 0.6) is 0 Å². The van der Waals surface area contributed by atoms with Gasteiger partial charge in [-0.15, -0.1) is 0 Å². The molecule has 0 aliphatic heterocycles. The molecule has 2 amide bonds. The number of carbonyl (C=O) groups excluding carboxylic acids is 2. The second-order valence-corrected chi connectivity index (χ2v) is 6.62. The minimum atomic E-state index is -0.716. The van der Waals surface area contributed by atoms with Gasteiger partial charge in [0.15, 0.2) is 0 Å². The highest BCUT2D eigenvalue weighted by atomic mass is 79.9. The lowest BCUT2D eigenvalue weighted by Crippen LogP contribution is -2.29. The summed E-state index contributed by atoms with van der Waals surface area (Å²) in [6.07, 6.45) is 0. The first-order valence-corrected chi connectivity index (χ1v) is 8.10. The van der Waals surface area contributed by atoms with Gasteiger partial charge in [-0.05, 0) is 71.2 Å². The Labute approximate surface area is 145 Å². The summed E-state index contributed by atoms with van der Waals surface area (Å²) in [5.41, 5.74) is 3.08. The van der Waals surface area contributed by atoms with Crippen molar-refractivity contribution in [3.63, 3.8) is 0 Å². The third-order valence-corrected chi connectivity index (χ3v) is 4.17. The minimum absolute atomic E-state index is 0.554. The molecule has 0 atom stereocenters. The van der Waals surface area contributed by atoms with E-state index in [2.05, 4.69) is 42.5 Å². The SMILES string of the molecule is Cc1ccc(NC(=O)C(=O)Nc2ccc(Br)cc2C)c(Br)c1.